The molecule has 0 aliphatic heterocycles. The van der Waals surface area contributed by atoms with Crippen LogP contribution in [0.2, 0.25) is 0 Å². The molecule has 0 spiro atoms. The summed E-state index contributed by atoms with van der Waals surface area (Å²) in [5.74, 6) is 0. The van der Waals surface area contributed by atoms with Crippen molar-refractivity contribution in [3.8, 4) is 0 Å². The molecule has 0 saturated carbocycles. The molecule has 4 N–H and O–H groups in total. The molecule has 0 rings (SSSR count). The van der Waals surface area contributed by atoms with Crippen LogP contribution in [0.3, 0.4) is 0 Å². The first kappa shape index (κ1) is 15.5. The van der Waals surface area contributed by atoms with E-state index in [0.29, 0.717) is 12.8 Å². The number of nitrogens with one attached hydrogen (secondary N) is 1. The summed E-state index contributed by atoms with van der Waals surface area (Å²) >= 11 is 0. The van der Waals surface area contributed by atoms with Crippen molar-refractivity contribution >= 4 is 6.29 Å². The molecule has 96 valence electrons. The molecule has 0 aromatic heterocycles. The average Bonchev–Trinajstić information content (AvgIpc) is 2.27. The summed E-state index contributed by atoms with van der Waals surface area (Å²) in [6.45, 7) is 4.05. The molecule has 0 amide bonds. The zero-order chi connectivity index (χ0) is 12.6. The number of unbranched alkanes of at least 4 members (excludes halogenated alkanes) is 2. The fourth-order valence-electron chi connectivity index (χ4n) is 1.39. The Hall–Kier alpha value is -0.490. The predicted molar refractivity (Wildman–Crippen MR) is 61.1 cm³/mol. The van der Waals surface area contributed by atoms with Gasteiger partial charge in [0.1, 0.15) is 18.5 Å². The summed E-state index contributed by atoms with van der Waals surface area (Å²) in [5.41, 5.74) is 0. The molecular formula is C11H23NO4. The Morgan fingerprint density at radius 1 is 1.19 bits per heavy atom. The monoisotopic (exact) mass is 233 g/mol. The molecule has 0 aromatic rings. The lowest BCUT2D eigenvalue weighted by Gasteiger charge is -2.25. The molecule has 5 nitrogen and oxygen atoms in total. The number of rotatable bonds is 9. The fraction of sp³-hybridized carbons (Fsp3) is 0.909. The summed E-state index contributed by atoms with van der Waals surface area (Å²) in [4.78, 5) is 10.7. The van der Waals surface area contributed by atoms with Gasteiger partial charge < -0.3 is 25.4 Å². The number of hydrogen-bond acceptors (Lipinski definition) is 5. The van der Waals surface area contributed by atoms with E-state index >= 15 is 0 Å². The van der Waals surface area contributed by atoms with E-state index in [1.165, 1.54) is 6.92 Å². The van der Waals surface area contributed by atoms with Crippen LogP contribution in [0.25, 0.3) is 0 Å². The molecule has 0 radical (unpaired) electrons. The number of carbonyl (C=O) groups is 1. The van der Waals surface area contributed by atoms with Crippen LogP contribution in [0.5, 0.6) is 0 Å². The Morgan fingerprint density at radius 3 is 2.25 bits per heavy atom. The van der Waals surface area contributed by atoms with E-state index in [9.17, 15) is 15.0 Å². The van der Waals surface area contributed by atoms with Crippen LogP contribution in [0, 0.1) is 0 Å². The van der Waals surface area contributed by atoms with Crippen molar-refractivity contribution in [3.05, 3.63) is 0 Å². The summed E-state index contributed by atoms with van der Waals surface area (Å²) < 4.78 is 0. The van der Waals surface area contributed by atoms with Gasteiger partial charge in [0.25, 0.3) is 0 Å². The second kappa shape index (κ2) is 8.64. The largest absolute Gasteiger partial charge is 0.391 e. The third kappa shape index (κ3) is 5.55. The summed E-state index contributed by atoms with van der Waals surface area (Å²) in [7, 11) is 0. The summed E-state index contributed by atoms with van der Waals surface area (Å²) in [6.07, 6.45) is -0.0524. The van der Waals surface area contributed by atoms with E-state index in [0.717, 1.165) is 19.3 Å². The lowest BCUT2D eigenvalue weighted by molar-refractivity contribution is -0.117. The van der Waals surface area contributed by atoms with Crippen LogP contribution in [0.4, 0.5) is 0 Å². The molecule has 0 fully saturated rings. The standard InChI is InChI=1S/C11H23NO4/c1-3-4-5-6-12-9(7-13)11(16)10(15)8(2)14/h7-12,14-16H,3-6H2,1-2H3/t8-,9+,10+,11-/m1/s1. The minimum Gasteiger partial charge on any atom is -0.391 e. The maximum Gasteiger partial charge on any atom is 0.139 e. The second-order valence-corrected chi connectivity index (χ2v) is 4.04. The molecule has 4 atom stereocenters. The van der Waals surface area contributed by atoms with E-state index in [1.54, 1.807) is 0 Å². The summed E-state index contributed by atoms with van der Waals surface area (Å²) in [5, 5.41) is 30.9. The van der Waals surface area contributed by atoms with E-state index in [-0.39, 0.29) is 0 Å². The zero-order valence-electron chi connectivity index (χ0n) is 9.97. The summed E-state index contributed by atoms with van der Waals surface area (Å²) in [6, 6.07) is -0.832. The van der Waals surface area contributed by atoms with Crippen molar-refractivity contribution in [3.63, 3.8) is 0 Å². The van der Waals surface area contributed by atoms with E-state index in [1.807, 2.05) is 0 Å². The predicted octanol–water partition coefficient (Wildman–Crippen LogP) is -0.564. The smallest absolute Gasteiger partial charge is 0.139 e. The first-order valence-corrected chi connectivity index (χ1v) is 5.77. The lowest BCUT2D eigenvalue weighted by Crippen LogP contribution is -2.50. The molecule has 0 unspecified atom stereocenters. The SMILES string of the molecule is CCCCCN[C@@H](C=O)[C@@H](O)[C@@H](O)[C@@H](C)O. The zero-order valence-corrected chi connectivity index (χ0v) is 9.97. The Morgan fingerprint density at radius 2 is 1.81 bits per heavy atom. The van der Waals surface area contributed by atoms with E-state index in [4.69, 9.17) is 5.11 Å². The maximum absolute atomic E-state index is 10.7. The molecular weight excluding hydrogens is 210 g/mol. The van der Waals surface area contributed by atoms with Gasteiger partial charge >= 0.3 is 0 Å². The lowest BCUT2D eigenvalue weighted by atomic mass is 10.0. The first-order valence-electron chi connectivity index (χ1n) is 5.77. The minimum absolute atomic E-state index is 0.558. The van der Waals surface area contributed by atoms with Gasteiger partial charge in [0.05, 0.1) is 12.1 Å². The molecule has 0 aromatic carbocycles. The van der Waals surface area contributed by atoms with Gasteiger partial charge in [-0.3, -0.25) is 0 Å². The van der Waals surface area contributed by atoms with Crippen LogP contribution < -0.4 is 5.32 Å². The van der Waals surface area contributed by atoms with Crippen molar-refractivity contribution in [1.29, 1.82) is 0 Å². The normalized spacial score (nSPS) is 18.8. The highest BCUT2D eigenvalue weighted by atomic mass is 16.4. The Kier molecular flexibility index (Phi) is 8.37. The van der Waals surface area contributed by atoms with Crippen LogP contribution in [0.1, 0.15) is 33.1 Å². The van der Waals surface area contributed by atoms with Gasteiger partial charge in [-0.15, -0.1) is 0 Å². The van der Waals surface area contributed by atoms with Gasteiger partial charge in [-0.1, -0.05) is 19.8 Å². The fourth-order valence-corrected chi connectivity index (χ4v) is 1.39. The van der Waals surface area contributed by atoms with Crippen molar-refractivity contribution in [2.45, 2.75) is 57.5 Å². The maximum atomic E-state index is 10.7. The molecule has 0 bridgehead atoms. The van der Waals surface area contributed by atoms with Gasteiger partial charge in [0.15, 0.2) is 0 Å². The van der Waals surface area contributed by atoms with Crippen LogP contribution in [-0.2, 0) is 4.79 Å². The number of carbonyl (C=O) groups excluding carboxylic acids is 1. The molecule has 0 heterocycles. The van der Waals surface area contributed by atoms with Crippen molar-refractivity contribution in [2.24, 2.45) is 0 Å². The molecule has 0 aliphatic rings. The highest BCUT2D eigenvalue weighted by Crippen LogP contribution is 2.04. The van der Waals surface area contributed by atoms with E-state index < -0.39 is 24.4 Å². The number of hydrogen-bond donors (Lipinski definition) is 4. The van der Waals surface area contributed by atoms with Gasteiger partial charge in [0.2, 0.25) is 0 Å². The number of aliphatic hydroxyl groups excluding tert-OH is 3. The number of aldehydes is 1. The van der Waals surface area contributed by atoms with Gasteiger partial charge in [0, 0.05) is 0 Å². The van der Waals surface area contributed by atoms with Crippen LogP contribution in [0.15, 0.2) is 0 Å². The highest BCUT2D eigenvalue weighted by molar-refractivity contribution is 5.58. The van der Waals surface area contributed by atoms with Gasteiger partial charge in [-0.25, -0.2) is 0 Å². The quantitative estimate of drug-likeness (QED) is 0.316. The second-order valence-electron chi connectivity index (χ2n) is 4.04. The third-order valence-electron chi connectivity index (χ3n) is 2.52. The van der Waals surface area contributed by atoms with Crippen molar-refractivity contribution in [2.75, 3.05) is 6.54 Å². The minimum atomic E-state index is -1.31. The molecule has 0 saturated heterocycles. The van der Waals surface area contributed by atoms with Crippen LogP contribution >= 0.6 is 0 Å². The Bertz CT molecular complexity index is 187. The highest BCUT2D eigenvalue weighted by Gasteiger charge is 2.28. The van der Waals surface area contributed by atoms with E-state index in [2.05, 4.69) is 12.2 Å². The third-order valence-corrected chi connectivity index (χ3v) is 2.52. The van der Waals surface area contributed by atoms with Crippen molar-refractivity contribution in [1.82, 2.24) is 5.32 Å². The first-order chi connectivity index (χ1) is 7.54. The Balaban J connectivity index is 4.01. The molecule has 16 heavy (non-hydrogen) atoms. The van der Waals surface area contributed by atoms with Crippen LogP contribution in [-0.4, -0.2) is 52.5 Å². The molecule has 5 heteroatoms. The topological polar surface area (TPSA) is 89.8 Å². The molecule has 0 aliphatic carbocycles. The van der Waals surface area contributed by atoms with Crippen molar-refractivity contribution < 1.29 is 20.1 Å². The van der Waals surface area contributed by atoms with Gasteiger partial charge in [-0.2, -0.15) is 0 Å². The number of aliphatic hydroxyl groups is 3. The Labute approximate surface area is 96.5 Å². The average molecular weight is 233 g/mol. The van der Waals surface area contributed by atoms with Gasteiger partial charge in [-0.05, 0) is 19.9 Å².